The van der Waals surface area contributed by atoms with Gasteiger partial charge in [-0.1, -0.05) is 47.5 Å². The van der Waals surface area contributed by atoms with Crippen LogP contribution in [0.1, 0.15) is 12.0 Å². The summed E-state index contributed by atoms with van der Waals surface area (Å²) in [4.78, 5) is 14.6. The summed E-state index contributed by atoms with van der Waals surface area (Å²) < 4.78 is 30.2. The van der Waals surface area contributed by atoms with Gasteiger partial charge in [-0.3, -0.25) is 4.90 Å². The van der Waals surface area contributed by atoms with E-state index in [1.165, 1.54) is 0 Å². The Kier molecular flexibility index (Phi) is 9.19. The van der Waals surface area contributed by atoms with Crippen LogP contribution in [0.25, 0.3) is 0 Å². The number of carbonyl (C=O) groups is 1. The minimum absolute atomic E-state index is 0.0211. The average Bonchev–Trinajstić information content (AvgIpc) is 2.79. The van der Waals surface area contributed by atoms with Crippen molar-refractivity contribution in [3.63, 3.8) is 0 Å². The van der Waals surface area contributed by atoms with E-state index in [1.807, 2.05) is 12.1 Å². The van der Waals surface area contributed by atoms with Crippen molar-refractivity contribution in [1.29, 1.82) is 0 Å². The summed E-state index contributed by atoms with van der Waals surface area (Å²) in [5.41, 5.74) is 1.07. The van der Waals surface area contributed by atoms with Crippen LogP contribution in [0.3, 0.4) is 0 Å². The van der Waals surface area contributed by atoms with Crippen LogP contribution in [-0.4, -0.2) is 64.0 Å². The highest BCUT2D eigenvalue weighted by molar-refractivity contribution is 7.91. The number of morpholine rings is 1. The van der Waals surface area contributed by atoms with Gasteiger partial charge in [0.25, 0.3) is 0 Å². The first-order valence-corrected chi connectivity index (χ1v) is 12.8. The van der Waals surface area contributed by atoms with Crippen molar-refractivity contribution in [2.24, 2.45) is 0 Å². The molecule has 0 radical (unpaired) electrons. The molecule has 0 aromatic heterocycles. The number of benzene rings is 2. The highest BCUT2D eigenvalue weighted by Gasteiger charge is 2.21. The molecule has 1 aliphatic heterocycles. The zero-order valence-electron chi connectivity index (χ0n) is 17.6. The summed E-state index contributed by atoms with van der Waals surface area (Å²) >= 11 is 12.1. The van der Waals surface area contributed by atoms with Crippen molar-refractivity contribution >= 4 is 39.1 Å². The molecule has 0 aliphatic carbocycles. The molecule has 1 aliphatic rings. The van der Waals surface area contributed by atoms with Crippen LogP contribution in [0.15, 0.2) is 53.4 Å². The third-order valence-corrected chi connectivity index (χ3v) is 7.64. The quantitative estimate of drug-likeness (QED) is 0.516. The predicted octanol–water partition coefficient (Wildman–Crippen LogP) is 3.36. The van der Waals surface area contributed by atoms with Gasteiger partial charge in [0.2, 0.25) is 0 Å². The van der Waals surface area contributed by atoms with Gasteiger partial charge in [-0.2, -0.15) is 0 Å². The number of hydrogen-bond donors (Lipinski definition) is 2. The van der Waals surface area contributed by atoms with Gasteiger partial charge in [0, 0.05) is 32.7 Å². The van der Waals surface area contributed by atoms with E-state index in [0.717, 1.165) is 18.7 Å². The van der Waals surface area contributed by atoms with E-state index in [4.69, 9.17) is 27.9 Å². The minimum atomic E-state index is -3.34. The Labute approximate surface area is 198 Å². The van der Waals surface area contributed by atoms with Gasteiger partial charge in [0.1, 0.15) is 0 Å². The molecule has 2 aromatic carbocycles. The molecule has 2 N–H and O–H groups in total. The monoisotopic (exact) mass is 499 g/mol. The van der Waals surface area contributed by atoms with Crippen molar-refractivity contribution in [3.05, 3.63) is 64.1 Å². The topological polar surface area (TPSA) is 87.7 Å². The number of carbonyl (C=O) groups excluding carboxylic acids is 1. The second-order valence-electron chi connectivity index (χ2n) is 7.60. The Morgan fingerprint density at radius 2 is 1.88 bits per heavy atom. The lowest BCUT2D eigenvalue weighted by Crippen LogP contribution is -2.48. The molecule has 2 aromatic rings. The highest BCUT2D eigenvalue weighted by atomic mass is 35.5. The lowest BCUT2D eigenvalue weighted by atomic mass is 10.2. The Morgan fingerprint density at radius 1 is 1.09 bits per heavy atom. The van der Waals surface area contributed by atoms with Gasteiger partial charge in [0.05, 0.1) is 33.4 Å². The SMILES string of the molecule is O=C(NCCCS(=O)(=O)c1ccccc1)NCC1CN(Cc2ccc(Cl)c(Cl)c2)CCO1. The van der Waals surface area contributed by atoms with E-state index in [1.54, 1.807) is 36.4 Å². The maximum atomic E-state index is 12.2. The molecule has 3 rings (SSSR count). The molecule has 2 amide bonds. The second kappa shape index (κ2) is 11.9. The third-order valence-electron chi connectivity index (χ3n) is 5.08. The molecule has 1 heterocycles. The summed E-state index contributed by atoms with van der Waals surface area (Å²) in [5, 5.41) is 6.55. The summed E-state index contributed by atoms with van der Waals surface area (Å²) in [6.45, 7) is 3.40. The van der Waals surface area contributed by atoms with Gasteiger partial charge in [-0.15, -0.1) is 0 Å². The molecule has 0 bridgehead atoms. The van der Waals surface area contributed by atoms with E-state index in [2.05, 4.69) is 15.5 Å². The normalized spacial score (nSPS) is 17.1. The molecule has 1 saturated heterocycles. The largest absolute Gasteiger partial charge is 0.374 e. The molecule has 7 nitrogen and oxygen atoms in total. The lowest BCUT2D eigenvalue weighted by molar-refractivity contribution is -0.0287. The van der Waals surface area contributed by atoms with Crippen molar-refractivity contribution in [2.45, 2.75) is 24.0 Å². The molecule has 32 heavy (non-hydrogen) atoms. The molecular weight excluding hydrogens is 473 g/mol. The first kappa shape index (κ1) is 24.8. The Morgan fingerprint density at radius 3 is 2.62 bits per heavy atom. The van der Waals surface area contributed by atoms with Crippen molar-refractivity contribution in [1.82, 2.24) is 15.5 Å². The Balaban J connectivity index is 1.35. The number of urea groups is 1. The van der Waals surface area contributed by atoms with Gasteiger partial charge >= 0.3 is 6.03 Å². The molecule has 1 fully saturated rings. The van der Waals surface area contributed by atoms with Crippen molar-refractivity contribution in [2.75, 3.05) is 38.5 Å². The first-order valence-electron chi connectivity index (χ1n) is 10.4. The van der Waals surface area contributed by atoms with E-state index < -0.39 is 9.84 Å². The van der Waals surface area contributed by atoms with Crippen LogP contribution in [0, 0.1) is 0 Å². The van der Waals surface area contributed by atoms with E-state index in [9.17, 15) is 13.2 Å². The molecule has 1 unspecified atom stereocenters. The highest BCUT2D eigenvalue weighted by Crippen LogP contribution is 2.23. The fraction of sp³-hybridized carbons (Fsp3) is 0.409. The fourth-order valence-corrected chi connectivity index (χ4v) is 5.08. The predicted molar refractivity (Wildman–Crippen MR) is 126 cm³/mol. The van der Waals surface area contributed by atoms with Gasteiger partial charge < -0.3 is 15.4 Å². The van der Waals surface area contributed by atoms with E-state index >= 15 is 0 Å². The molecule has 1 atom stereocenters. The van der Waals surface area contributed by atoms with E-state index in [-0.39, 0.29) is 24.4 Å². The second-order valence-corrected chi connectivity index (χ2v) is 10.5. The van der Waals surface area contributed by atoms with Crippen LogP contribution < -0.4 is 10.6 Å². The maximum absolute atomic E-state index is 12.2. The lowest BCUT2D eigenvalue weighted by Gasteiger charge is -2.33. The number of sulfone groups is 1. The van der Waals surface area contributed by atoms with Crippen LogP contribution in [0.2, 0.25) is 10.0 Å². The summed E-state index contributed by atoms with van der Waals surface area (Å²) in [5.74, 6) is -0.0211. The van der Waals surface area contributed by atoms with Gasteiger partial charge in [-0.25, -0.2) is 13.2 Å². The number of ether oxygens (including phenoxy) is 1. The molecule has 174 valence electrons. The van der Waals surface area contributed by atoms with Crippen LogP contribution in [-0.2, 0) is 21.1 Å². The zero-order chi connectivity index (χ0) is 23.0. The number of nitrogens with one attached hydrogen (secondary N) is 2. The van der Waals surface area contributed by atoms with Crippen LogP contribution >= 0.6 is 23.2 Å². The first-order chi connectivity index (χ1) is 15.3. The third kappa shape index (κ3) is 7.64. The standard InChI is InChI=1S/C22H27Cl2N3O4S/c23-20-8-7-17(13-21(20)24)15-27-10-11-31-18(16-27)14-26-22(28)25-9-4-12-32(29,30)19-5-2-1-3-6-19/h1-3,5-8,13,18H,4,9-12,14-16H2,(H2,25,26,28). The number of rotatable bonds is 9. The van der Waals surface area contributed by atoms with Crippen molar-refractivity contribution in [3.8, 4) is 0 Å². The average molecular weight is 500 g/mol. The minimum Gasteiger partial charge on any atom is -0.374 e. The van der Waals surface area contributed by atoms with Crippen LogP contribution in [0.5, 0.6) is 0 Å². The number of hydrogen-bond acceptors (Lipinski definition) is 5. The summed E-state index contributed by atoms with van der Waals surface area (Å²) in [6, 6.07) is 13.6. The number of halogens is 2. The van der Waals surface area contributed by atoms with Crippen molar-refractivity contribution < 1.29 is 17.9 Å². The molecule has 10 heteroatoms. The van der Waals surface area contributed by atoms with Crippen LogP contribution in [0.4, 0.5) is 4.79 Å². The van der Waals surface area contributed by atoms with E-state index in [0.29, 0.717) is 41.1 Å². The number of amides is 2. The Hall–Kier alpha value is -1.84. The maximum Gasteiger partial charge on any atom is 0.314 e. The Bertz CT molecular complexity index is 1010. The fourth-order valence-electron chi connectivity index (χ4n) is 3.42. The molecule has 0 spiro atoms. The van der Waals surface area contributed by atoms with Gasteiger partial charge in [-0.05, 0) is 36.2 Å². The number of nitrogens with zero attached hydrogens (tertiary/aromatic N) is 1. The molecular formula is C22H27Cl2N3O4S. The van der Waals surface area contributed by atoms with Gasteiger partial charge in [0.15, 0.2) is 9.84 Å². The zero-order valence-corrected chi connectivity index (χ0v) is 19.9. The summed E-state index contributed by atoms with van der Waals surface area (Å²) in [6.07, 6.45) is 0.206. The smallest absolute Gasteiger partial charge is 0.314 e. The molecule has 0 saturated carbocycles. The summed E-state index contributed by atoms with van der Waals surface area (Å²) in [7, 11) is -3.34.